The molecule has 0 aromatic carbocycles. The molecule has 0 aliphatic carbocycles. The van der Waals surface area contributed by atoms with Gasteiger partial charge in [-0.05, 0) is 38.1 Å². The first-order valence-electron chi connectivity index (χ1n) is 7.96. The van der Waals surface area contributed by atoms with Crippen molar-refractivity contribution in [2.24, 2.45) is 0 Å². The van der Waals surface area contributed by atoms with E-state index in [1.165, 1.54) is 43.7 Å². The van der Waals surface area contributed by atoms with E-state index < -0.39 is 0 Å². The molecule has 4 heterocycles. The van der Waals surface area contributed by atoms with E-state index in [-0.39, 0.29) is 0 Å². The summed E-state index contributed by atoms with van der Waals surface area (Å²) in [5, 5.41) is 5.52. The minimum Gasteiger partial charge on any atom is -0.301 e. The monoisotopic (exact) mass is 347 g/mol. The van der Waals surface area contributed by atoms with Crippen LogP contribution in [0.5, 0.6) is 0 Å². The molecule has 1 saturated heterocycles. The zero-order valence-corrected chi connectivity index (χ0v) is 14.4. The van der Waals surface area contributed by atoms with Crippen molar-refractivity contribution in [1.82, 2.24) is 24.6 Å². The first-order valence-corrected chi connectivity index (χ1v) is 9.15. The van der Waals surface area contributed by atoms with Crippen LogP contribution in [-0.2, 0) is 6.54 Å². The van der Waals surface area contributed by atoms with Gasteiger partial charge in [0.15, 0.2) is 5.65 Å². The highest BCUT2D eigenvalue weighted by atomic mass is 35.5. The number of halogens is 1. The van der Waals surface area contributed by atoms with Crippen molar-refractivity contribution in [2.75, 3.05) is 19.6 Å². The van der Waals surface area contributed by atoms with Crippen LogP contribution in [0.25, 0.3) is 21.6 Å². The molecular formula is C16H18ClN5S. The van der Waals surface area contributed by atoms with Crippen molar-refractivity contribution in [1.29, 1.82) is 0 Å². The van der Waals surface area contributed by atoms with Crippen LogP contribution in [-0.4, -0.2) is 44.3 Å². The maximum absolute atomic E-state index is 6.05. The molecule has 3 aromatic rings. The van der Waals surface area contributed by atoms with Crippen molar-refractivity contribution in [2.45, 2.75) is 25.8 Å². The second kappa shape index (κ2) is 6.55. The number of likely N-dealkylation sites (tertiary alicyclic amines) is 1. The second-order valence-corrected chi connectivity index (χ2v) is 7.55. The average molecular weight is 348 g/mol. The molecule has 0 saturated carbocycles. The Morgan fingerprint density at radius 2 is 1.96 bits per heavy atom. The lowest BCUT2D eigenvalue weighted by Gasteiger charge is -2.26. The molecule has 0 bridgehead atoms. The van der Waals surface area contributed by atoms with Gasteiger partial charge in [0, 0.05) is 6.54 Å². The van der Waals surface area contributed by atoms with E-state index in [2.05, 4.69) is 20.0 Å². The maximum Gasteiger partial charge on any atom is 0.161 e. The lowest BCUT2D eigenvalue weighted by molar-refractivity contribution is 0.219. The van der Waals surface area contributed by atoms with Crippen molar-refractivity contribution in [3.8, 4) is 10.6 Å². The number of fused-ring (bicyclic) bond motifs is 1. The third-order valence-electron chi connectivity index (χ3n) is 4.32. The molecule has 0 spiro atoms. The zero-order chi connectivity index (χ0) is 15.6. The number of thiophene rings is 1. The fourth-order valence-corrected chi connectivity index (χ4v) is 4.17. The van der Waals surface area contributed by atoms with Gasteiger partial charge >= 0.3 is 0 Å². The average Bonchev–Trinajstić information content (AvgIpc) is 3.20. The number of rotatable bonds is 4. The number of hydrogen-bond acceptors (Lipinski definition) is 5. The largest absolute Gasteiger partial charge is 0.301 e. The molecular weight excluding hydrogens is 330 g/mol. The fraction of sp³-hybridized carbons (Fsp3) is 0.438. The van der Waals surface area contributed by atoms with Gasteiger partial charge in [-0.25, -0.2) is 14.6 Å². The van der Waals surface area contributed by atoms with Crippen LogP contribution in [0.4, 0.5) is 0 Å². The van der Waals surface area contributed by atoms with Crippen molar-refractivity contribution < 1.29 is 0 Å². The first kappa shape index (κ1) is 15.1. The Morgan fingerprint density at radius 3 is 2.74 bits per heavy atom. The predicted octanol–water partition coefficient (Wildman–Crippen LogP) is 3.69. The van der Waals surface area contributed by atoms with Crippen molar-refractivity contribution in [3.05, 3.63) is 29.0 Å². The lowest BCUT2D eigenvalue weighted by Crippen LogP contribution is -2.32. The van der Waals surface area contributed by atoms with Crippen molar-refractivity contribution >= 4 is 34.0 Å². The summed E-state index contributed by atoms with van der Waals surface area (Å²) in [7, 11) is 0. The number of piperidine rings is 1. The van der Waals surface area contributed by atoms with Gasteiger partial charge in [0.1, 0.15) is 6.33 Å². The van der Waals surface area contributed by atoms with Gasteiger partial charge in [-0.3, -0.25) is 0 Å². The Balaban J connectivity index is 1.59. The summed E-state index contributed by atoms with van der Waals surface area (Å²) in [5.74, 6) is 0. The van der Waals surface area contributed by atoms with Crippen LogP contribution in [0, 0.1) is 0 Å². The molecule has 4 rings (SSSR count). The van der Waals surface area contributed by atoms with Crippen LogP contribution < -0.4 is 0 Å². The normalized spacial score (nSPS) is 16.2. The summed E-state index contributed by atoms with van der Waals surface area (Å²) in [4.78, 5) is 12.4. The SMILES string of the molecule is Clc1ccc(-c2ncnc3c2cnn3CCN2CCCCC2)s1. The fourth-order valence-electron chi connectivity index (χ4n) is 3.11. The Hall–Kier alpha value is -1.50. The van der Waals surface area contributed by atoms with Gasteiger partial charge in [0.05, 0.1) is 33.0 Å². The van der Waals surface area contributed by atoms with E-state index in [9.17, 15) is 0 Å². The summed E-state index contributed by atoms with van der Waals surface area (Å²) in [6.45, 7) is 4.30. The molecule has 0 N–H and O–H groups in total. The maximum atomic E-state index is 6.05. The molecule has 0 unspecified atom stereocenters. The van der Waals surface area contributed by atoms with Gasteiger partial charge in [0.25, 0.3) is 0 Å². The first-order chi connectivity index (χ1) is 11.3. The third kappa shape index (κ3) is 3.11. The molecule has 1 aliphatic rings. The van der Waals surface area contributed by atoms with Crippen LogP contribution in [0.2, 0.25) is 4.34 Å². The van der Waals surface area contributed by atoms with Crippen LogP contribution in [0.15, 0.2) is 24.7 Å². The zero-order valence-electron chi connectivity index (χ0n) is 12.8. The molecule has 120 valence electrons. The van der Waals surface area contributed by atoms with E-state index in [0.717, 1.165) is 39.0 Å². The van der Waals surface area contributed by atoms with Crippen LogP contribution >= 0.6 is 22.9 Å². The lowest BCUT2D eigenvalue weighted by atomic mass is 10.1. The molecule has 23 heavy (non-hydrogen) atoms. The summed E-state index contributed by atoms with van der Waals surface area (Å²) in [5.41, 5.74) is 1.81. The molecule has 7 heteroatoms. The standard InChI is InChI=1S/C16H18ClN5S/c17-14-5-4-13(23-14)15-12-10-20-22(16(12)19-11-18-15)9-8-21-6-2-1-3-7-21/h4-5,10-11H,1-3,6-9H2. The quantitative estimate of drug-likeness (QED) is 0.722. The van der Waals surface area contributed by atoms with Gasteiger partial charge in [0.2, 0.25) is 0 Å². The molecule has 0 amide bonds. The van der Waals surface area contributed by atoms with Crippen LogP contribution in [0.1, 0.15) is 19.3 Å². The highest BCUT2D eigenvalue weighted by Gasteiger charge is 2.14. The minimum atomic E-state index is 0.768. The van der Waals surface area contributed by atoms with E-state index >= 15 is 0 Å². The second-order valence-electron chi connectivity index (χ2n) is 5.83. The Morgan fingerprint density at radius 1 is 1.09 bits per heavy atom. The predicted molar refractivity (Wildman–Crippen MR) is 93.9 cm³/mol. The molecule has 0 radical (unpaired) electrons. The summed E-state index contributed by atoms with van der Waals surface area (Å²) in [6.07, 6.45) is 7.47. The molecule has 1 fully saturated rings. The third-order valence-corrected chi connectivity index (χ3v) is 5.55. The number of nitrogens with zero attached hydrogens (tertiary/aromatic N) is 5. The molecule has 3 aromatic heterocycles. The van der Waals surface area contributed by atoms with Crippen LogP contribution in [0.3, 0.4) is 0 Å². The van der Waals surface area contributed by atoms with E-state index in [1.54, 1.807) is 6.33 Å². The minimum absolute atomic E-state index is 0.768. The molecule has 5 nitrogen and oxygen atoms in total. The number of hydrogen-bond donors (Lipinski definition) is 0. The van der Waals surface area contributed by atoms with Crippen molar-refractivity contribution in [3.63, 3.8) is 0 Å². The van der Waals surface area contributed by atoms with Gasteiger partial charge in [-0.2, -0.15) is 5.10 Å². The molecule has 1 aliphatic heterocycles. The number of aromatic nitrogens is 4. The van der Waals surface area contributed by atoms with E-state index in [1.807, 2.05) is 23.0 Å². The Labute approximate surface area is 143 Å². The molecule has 0 atom stereocenters. The summed E-state index contributed by atoms with van der Waals surface area (Å²) >= 11 is 7.58. The smallest absolute Gasteiger partial charge is 0.161 e. The Kier molecular flexibility index (Phi) is 4.29. The van der Waals surface area contributed by atoms with Gasteiger partial charge in [-0.1, -0.05) is 18.0 Å². The van der Waals surface area contributed by atoms with Gasteiger partial charge < -0.3 is 4.90 Å². The van der Waals surface area contributed by atoms with E-state index in [4.69, 9.17) is 11.6 Å². The summed E-state index contributed by atoms with van der Waals surface area (Å²) < 4.78 is 2.76. The topological polar surface area (TPSA) is 46.8 Å². The highest BCUT2D eigenvalue weighted by Crippen LogP contribution is 2.33. The Bertz CT molecular complexity index is 806. The van der Waals surface area contributed by atoms with Gasteiger partial charge in [-0.15, -0.1) is 11.3 Å². The highest BCUT2D eigenvalue weighted by molar-refractivity contribution is 7.19. The van der Waals surface area contributed by atoms with E-state index in [0.29, 0.717) is 0 Å². The summed E-state index contributed by atoms with van der Waals surface area (Å²) in [6, 6.07) is 3.90.